The molecule has 0 saturated heterocycles. The normalized spacial score (nSPS) is 16.9. The van der Waals surface area contributed by atoms with Gasteiger partial charge in [0.1, 0.15) is 18.7 Å². The molecule has 2 aliphatic heterocycles. The molecule has 2 heterocycles. The number of carboxylic acids is 1. The Bertz CT molecular complexity index is 1470. The minimum absolute atomic E-state index is 0.0374. The van der Waals surface area contributed by atoms with Crippen LogP contribution in [0.3, 0.4) is 0 Å². The summed E-state index contributed by atoms with van der Waals surface area (Å²) < 4.78 is 5.19. The molecule has 0 aliphatic carbocycles. The van der Waals surface area contributed by atoms with Crippen LogP contribution in [0.4, 0.5) is 4.79 Å². The lowest BCUT2D eigenvalue weighted by Crippen LogP contribution is -2.54. The van der Waals surface area contributed by atoms with Gasteiger partial charge in [0.05, 0.1) is 11.1 Å². The largest absolute Gasteiger partial charge is 0.480 e. The Kier molecular flexibility index (Phi) is 8.61. The molecule has 0 spiro atoms. The van der Waals surface area contributed by atoms with Crippen LogP contribution in [0.1, 0.15) is 56.7 Å². The van der Waals surface area contributed by atoms with Crippen molar-refractivity contribution in [1.82, 2.24) is 15.1 Å². The van der Waals surface area contributed by atoms with Gasteiger partial charge in [-0.25, -0.2) is 9.59 Å². The summed E-state index contributed by atoms with van der Waals surface area (Å²) in [4.78, 5) is 67.3. The summed E-state index contributed by atoms with van der Waals surface area (Å²) in [5, 5.41) is 12.8. The molecule has 0 unspecified atom stereocenters. The zero-order chi connectivity index (χ0) is 29.6. The van der Waals surface area contributed by atoms with E-state index in [1.807, 2.05) is 54.6 Å². The lowest BCUT2D eigenvalue weighted by molar-refractivity contribution is -0.152. The van der Waals surface area contributed by atoms with Crippen molar-refractivity contribution in [2.75, 3.05) is 6.54 Å². The van der Waals surface area contributed by atoms with Gasteiger partial charge in [0.2, 0.25) is 5.91 Å². The van der Waals surface area contributed by atoms with Crippen LogP contribution in [0, 0.1) is 0 Å². The molecule has 0 bridgehead atoms. The van der Waals surface area contributed by atoms with Crippen LogP contribution in [-0.4, -0.2) is 63.3 Å². The monoisotopic (exact) mass is 569 g/mol. The van der Waals surface area contributed by atoms with E-state index in [-0.39, 0.29) is 43.7 Å². The number of rotatable bonds is 10. The van der Waals surface area contributed by atoms with E-state index >= 15 is 0 Å². The Morgan fingerprint density at radius 3 is 2.14 bits per heavy atom. The molecule has 0 fully saturated rings. The molecule has 2 aliphatic rings. The molecule has 0 aromatic heterocycles. The summed E-state index contributed by atoms with van der Waals surface area (Å²) in [6.45, 7) is 0.449. The maximum absolute atomic E-state index is 14.0. The van der Waals surface area contributed by atoms with E-state index < -0.39 is 41.9 Å². The highest BCUT2D eigenvalue weighted by Gasteiger charge is 2.46. The van der Waals surface area contributed by atoms with Crippen molar-refractivity contribution in [3.05, 3.63) is 107 Å². The average Bonchev–Trinajstić information content (AvgIpc) is 3.16. The number of nitrogens with zero attached hydrogens (tertiary/aromatic N) is 2. The first-order valence-electron chi connectivity index (χ1n) is 13.9. The number of amides is 4. The summed E-state index contributed by atoms with van der Waals surface area (Å²) >= 11 is 0. The number of benzene rings is 3. The number of hydrogen-bond acceptors (Lipinski definition) is 6. The highest BCUT2D eigenvalue weighted by atomic mass is 16.5. The lowest BCUT2D eigenvalue weighted by Gasteiger charge is -2.32. The first-order chi connectivity index (χ1) is 20.3. The lowest BCUT2D eigenvalue weighted by atomic mass is 10.0. The quantitative estimate of drug-likeness (QED) is 0.280. The smallest absolute Gasteiger partial charge is 0.407 e. The van der Waals surface area contributed by atoms with Crippen molar-refractivity contribution < 1.29 is 33.8 Å². The van der Waals surface area contributed by atoms with Gasteiger partial charge in [0, 0.05) is 19.5 Å². The van der Waals surface area contributed by atoms with Gasteiger partial charge in [-0.15, -0.1) is 0 Å². The Morgan fingerprint density at radius 1 is 0.857 bits per heavy atom. The Morgan fingerprint density at radius 2 is 1.48 bits per heavy atom. The first kappa shape index (κ1) is 28.5. The van der Waals surface area contributed by atoms with Gasteiger partial charge in [0.25, 0.3) is 11.8 Å². The van der Waals surface area contributed by atoms with E-state index in [9.17, 15) is 29.1 Å². The third kappa shape index (κ3) is 6.02. The molecule has 0 saturated carbocycles. The molecular formula is C32H31N3O7. The number of fused-ring (bicyclic) bond motifs is 2. The van der Waals surface area contributed by atoms with Crippen LogP contribution in [0.5, 0.6) is 0 Å². The molecule has 10 nitrogen and oxygen atoms in total. The van der Waals surface area contributed by atoms with Crippen LogP contribution in [0.15, 0.2) is 78.9 Å². The van der Waals surface area contributed by atoms with Crippen molar-refractivity contribution in [1.29, 1.82) is 0 Å². The van der Waals surface area contributed by atoms with Crippen molar-refractivity contribution in [3.63, 3.8) is 0 Å². The second-order valence-corrected chi connectivity index (χ2v) is 10.3. The molecule has 3 aromatic rings. The summed E-state index contributed by atoms with van der Waals surface area (Å²) in [5.74, 6) is -2.90. The maximum atomic E-state index is 14.0. The summed E-state index contributed by atoms with van der Waals surface area (Å²) in [5.41, 5.74) is 2.85. The molecule has 42 heavy (non-hydrogen) atoms. The molecule has 3 aromatic carbocycles. The Balaban J connectivity index is 1.26. The standard InChI is InChI=1S/C32H31N3O7/c36-28-24-14-6-7-15-25(24)29(37)35(28)27-18-22-12-4-5-13-23(22)19-34(30(27)38)26(31(39)40)16-8-9-17-33-32(41)42-20-21-10-2-1-3-11-21/h1-7,10-15,26-27H,8-9,16-20H2,(H,33,41)(H,39,40)/t26-,27-/m0/s1. The van der Waals surface area contributed by atoms with E-state index in [0.717, 1.165) is 21.6 Å². The number of carbonyl (C=O) groups excluding carboxylic acids is 4. The predicted octanol–water partition coefficient (Wildman–Crippen LogP) is 3.79. The Labute approximate surface area is 242 Å². The van der Waals surface area contributed by atoms with E-state index in [0.29, 0.717) is 12.8 Å². The van der Waals surface area contributed by atoms with E-state index in [1.54, 1.807) is 24.3 Å². The minimum Gasteiger partial charge on any atom is -0.480 e. The van der Waals surface area contributed by atoms with E-state index in [1.165, 1.54) is 4.90 Å². The summed E-state index contributed by atoms with van der Waals surface area (Å²) in [6.07, 6.45) is 0.512. The molecule has 216 valence electrons. The number of carbonyl (C=O) groups is 5. The topological polar surface area (TPSA) is 133 Å². The van der Waals surface area contributed by atoms with Gasteiger partial charge in [-0.05, 0) is 48.1 Å². The highest BCUT2D eigenvalue weighted by molar-refractivity contribution is 6.23. The van der Waals surface area contributed by atoms with Crippen LogP contribution in [-0.2, 0) is 33.9 Å². The van der Waals surface area contributed by atoms with Crippen LogP contribution in [0.2, 0.25) is 0 Å². The van der Waals surface area contributed by atoms with Crippen molar-refractivity contribution >= 4 is 29.8 Å². The van der Waals surface area contributed by atoms with Crippen molar-refractivity contribution in [2.45, 2.75) is 50.9 Å². The fourth-order valence-corrected chi connectivity index (χ4v) is 5.46. The molecule has 5 rings (SSSR count). The zero-order valence-corrected chi connectivity index (χ0v) is 22.9. The molecular weight excluding hydrogens is 538 g/mol. The minimum atomic E-state index is -1.19. The number of ether oxygens (including phenoxy) is 1. The fraction of sp³-hybridized carbons (Fsp3) is 0.281. The van der Waals surface area contributed by atoms with Gasteiger partial charge in [-0.3, -0.25) is 19.3 Å². The number of carboxylic acid groups (broad SMARTS) is 1. The van der Waals surface area contributed by atoms with E-state index in [2.05, 4.69) is 5.32 Å². The third-order valence-corrected chi connectivity index (χ3v) is 7.63. The van der Waals surface area contributed by atoms with Gasteiger partial charge in [-0.1, -0.05) is 66.7 Å². The molecule has 10 heteroatoms. The number of aliphatic carboxylic acids is 1. The molecule has 2 N–H and O–H groups in total. The van der Waals surface area contributed by atoms with Gasteiger partial charge in [-0.2, -0.15) is 0 Å². The summed E-state index contributed by atoms with van der Waals surface area (Å²) in [6, 6.07) is 20.6. The van der Waals surface area contributed by atoms with Gasteiger partial charge >= 0.3 is 12.1 Å². The van der Waals surface area contributed by atoms with Gasteiger partial charge < -0.3 is 20.1 Å². The predicted molar refractivity (Wildman–Crippen MR) is 151 cm³/mol. The number of nitrogens with one attached hydrogen (secondary N) is 1. The number of imide groups is 1. The maximum Gasteiger partial charge on any atom is 0.407 e. The van der Waals surface area contributed by atoms with E-state index in [4.69, 9.17) is 4.74 Å². The average molecular weight is 570 g/mol. The second-order valence-electron chi connectivity index (χ2n) is 10.3. The van der Waals surface area contributed by atoms with Gasteiger partial charge in [0.15, 0.2) is 0 Å². The fourth-order valence-electron chi connectivity index (χ4n) is 5.46. The number of unbranched alkanes of at least 4 members (excludes halogenated alkanes) is 1. The SMILES string of the molecule is O=C(NCCCC[C@@H](C(=O)O)N1Cc2ccccc2C[C@H](N2C(=O)c3ccccc3C2=O)C1=O)OCc1ccccc1. The number of alkyl carbamates (subject to hydrolysis) is 1. The molecule has 0 radical (unpaired) electrons. The van der Waals surface area contributed by atoms with Crippen LogP contribution >= 0.6 is 0 Å². The number of hydrogen-bond donors (Lipinski definition) is 2. The van der Waals surface area contributed by atoms with Crippen LogP contribution < -0.4 is 5.32 Å². The second kappa shape index (κ2) is 12.7. The van der Waals surface area contributed by atoms with Crippen molar-refractivity contribution in [2.24, 2.45) is 0 Å². The zero-order valence-electron chi connectivity index (χ0n) is 22.9. The van der Waals surface area contributed by atoms with Crippen molar-refractivity contribution in [3.8, 4) is 0 Å². The molecule has 2 atom stereocenters. The summed E-state index contributed by atoms with van der Waals surface area (Å²) in [7, 11) is 0. The molecule has 4 amide bonds. The highest BCUT2D eigenvalue weighted by Crippen LogP contribution is 2.31. The first-order valence-corrected chi connectivity index (χ1v) is 13.9. The van der Waals surface area contributed by atoms with Crippen LogP contribution in [0.25, 0.3) is 0 Å². The third-order valence-electron chi connectivity index (χ3n) is 7.63. The Hall–Kier alpha value is -4.99.